The molecular formula is C16H16ClNO5. The van der Waals surface area contributed by atoms with Crippen LogP contribution in [0.1, 0.15) is 17.3 Å². The molecule has 2 rings (SSSR count). The zero-order chi connectivity index (χ0) is 16.8. The van der Waals surface area contributed by atoms with Crippen molar-refractivity contribution in [2.24, 2.45) is 5.92 Å². The highest BCUT2D eigenvalue weighted by molar-refractivity contribution is 6.30. The van der Waals surface area contributed by atoms with Crippen LogP contribution in [0, 0.1) is 5.92 Å². The van der Waals surface area contributed by atoms with Crippen molar-refractivity contribution in [3.63, 3.8) is 0 Å². The van der Waals surface area contributed by atoms with Gasteiger partial charge in [0.25, 0.3) is 5.91 Å². The summed E-state index contributed by atoms with van der Waals surface area (Å²) in [5.74, 6) is -1.63. The summed E-state index contributed by atoms with van der Waals surface area (Å²) in [4.78, 5) is 24.0. The first kappa shape index (κ1) is 17.1. The summed E-state index contributed by atoms with van der Waals surface area (Å²) >= 11 is 5.76. The van der Waals surface area contributed by atoms with Crippen LogP contribution in [-0.2, 0) is 4.79 Å². The van der Waals surface area contributed by atoms with Gasteiger partial charge in [-0.2, -0.15) is 0 Å². The van der Waals surface area contributed by atoms with Gasteiger partial charge in [0.15, 0.2) is 0 Å². The number of carbonyl (C=O) groups excluding carboxylic acids is 2. The summed E-state index contributed by atoms with van der Waals surface area (Å²) < 4.78 is 10.0. The molecule has 7 heteroatoms. The Bertz CT molecular complexity index is 652. The minimum Gasteiger partial charge on any atom is -0.472 e. The van der Waals surface area contributed by atoms with Gasteiger partial charge in [-0.05, 0) is 37.3 Å². The molecule has 0 bridgehead atoms. The molecule has 0 aliphatic heterocycles. The van der Waals surface area contributed by atoms with Crippen LogP contribution in [-0.4, -0.2) is 29.6 Å². The lowest BCUT2D eigenvalue weighted by Gasteiger charge is -2.18. The predicted molar refractivity (Wildman–Crippen MR) is 83.3 cm³/mol. The largest absolute Gasteiger partial charge is 0.472 e. The van der Waals surface area contributed by atoms with Gasteiger partial charge in [-0.15, -0.1) is 0 Å². The fraction of sp³-hybridized carbons (Fsp3) is 0.250. The number of furan rings is 1. The van der Waals surface area contributed by atoms with Gasteiger partial charge in [0.1, 0.15) is 17.9 Å². The zero-order valence-corrected chi connectivity index (χ0v) is 13.1. The highest BCUT2D eigenvalue weighted by atomic mass is 35.5. The quantitative estimate of drug-likeness (QED) is 0.623. The molecule has 1 amide bonds. The van der Waals surface area contributed by atoms with E-state index in [1.807, 2.05) is 0 Å². The van der Waals surface area contributed by atoms with Crippen molar-refractivity contribution in [2.45, 2.75) is 13.0 Å². The van der Waals surface area contributed by atoms with Crippen molar-refractivity contribution >= 4 is 23.5 Å². The monoisotopic (exact) mass is 337 g/mol. The van der Waals surface area contributed by atoms with Crippen LogP contribution < -0.4 is 10.1 Å². The topological polar surface area (TPSA) is 88.8 Å². The molecule has 6 nitrogen and oxygen atoms in total. The molecule has 2 N–H and O–H groups in total. The molecule has 0 unspecified atom stereocenters. The smallest absolute Gasteiger partial charge is 0.318 e. The second-order valence-corrected chi connectivity index (χ2v) is 5.38. The van der Waals surface area contributed by atoms with Crippen LogP contribution in [0.5, 0.6) is 5.75 Å². The van der Waals surface area contributed by atoms with Gasteiger partial charge >= 0.3 is 5.97 Å². The van der Waals surface area contributed by atoms with E-state index in [0.29, 0.717) is 16.3 Å². The maximum absolute atomic E-state index is 12.2. The summed E-state index contributed by atoms with van der Waals surface area (Å²) in [6.45, 7) is 1.39. The Kier molecular flexibility index (Phi) is 5.78. The summed E-state index contributed by atoms with van der Waals surface area (Å²) in [6.07, 6.45) is 1.67. The number of esters is 1. The molecule has 0 saturated heterocycles. The molecule has 0 aliphatic carbocycles. The maximum atomic E-state index is 12.2. The Morgan fingerprint density at radius 1 is 1.30 bits per heavy atom. The minimum atomic E-state index is -0.987. The summed E-state index contributed by atoms with van der Waals surface area (Å²) in [7, 11) is 0. The number of rotatable bonds is 6. The van der Waals surface area contributed by atoms with Crippen LogP contribution in [0.2, 0.25) is 5.02 Å². The van der Waals surface area contributed by atoms with Crippen LogP contribution in [0.3, 0.4) is 0 Å². The Morgan fingerprint density at radius 3 is 2.57 bits per heavy atom. The zero-order valence-electron chi connectivity index (χ0n) is 12.4. The molecule has 2 atom stereocenters. The molecule has 0 radical (unpaired) electrons. The molecule has 0 fully saturated rings. The molecule has 0 spiro atoms. The van der Waals surface area contributed by atoms with E-state index in [4.69, 9.17) is 20.8 Å². The fourth-order valence-corrected chi connectivity index (χ4v) is 1.97. The summed E-state index contributed by atoms with van der Waals surface area (Å²) in [5, 5.41) is 12.8. The fourth-order valence-electron chi connectivity index (χ4n) is 1.84. The van der Waals surface area contributed by atoms with E-state index < -0.39 is 23.9 Å². The molecule has 2 aromatic rings. The van der Waals surface area contributed by atoms with Crippen molar-refractivity contribution in [1.82, 2.24) is 5.32 Å². The number of ether oxygens (including phenoxy) is 1. The minimum absolute atomic E-state index is 0.0614. The Balaban J connectivity index is 1.95. The first-order chi connectivity index (χ1) is 11.0. The summed E-state index contributed by atoms with van der Waals surface area (Å²) in [6, 6.07) is 7.76. The number of hydrogen-bond acceptors (Lipinski definition) is 5. The number of benzene rings is 1. The molecule has 1 aromatic heterocycles. The van der Waals surface area contributed by atoms with Crippen molar-refractivity contribution in [3.8, 4) is 5.75 Å². The standard InChI is InChI=1S/C16H16ClNO5/c1-10(19)14(8-18-15(20)11-6-7-22-9-11)16(21)23-13-4-2-12(17)3-5-13/h2-7,9-10,14,19H,8H2,1H3,(H,18,20)/t10-,14+/m1/s1. The van der Waals surface area contributed by atoms with Gasteiger partial charge in [0.05, 0.1) is 17.9 Å². The van der Waals surface area contributed by atoms with Gasteiger partial charge in [0, 0.05) is 11.6 Å². The SMILES string of the molecule is C[C@@H](O)[C@H](CNC(=O)c1ccoc1)C(=O)Oc1ccc(Cl)cc1. The number of aliphatic hydroxyl groups excluding tert-OH is 1. The molecular weight excluding hydrogens is 322 g/mol. The first-order valence-electron chi connectivity index (χ1n) is 6.93. The van der Waals surface area contributed by atoms with E-state index in [0.717, 1.165) is 0 Å². The third-order valence-electron chi connectivity index (χ3n) is 3.18. The highest BCUT2D eigenvalue weighted by Crippen LogP contribution is 2.17. The lowest BCUT2D eigenvalue weighted by Crippen LogP contribution is -2.40. The van der Waals surface area contributed by atoms with Crippen molar-refractivity contribution in [2.75, 3.05) is 6.54 Å². The molecule has 0 aliphatic rings. The van der Waals surface area contributed by atoms with Gasteiger partial charge in [0.2, 0.25) is 0 Å². The second kappa shape index (κ2) is 7.80. The Hall–Kier alpha value is -2.31. The number of carbonyl (C=O) groups is 2. The van der Waals surface area contributed by atoms with Gasteiger partial charge < -0.3 is 19.6 Å². The Morgan fingerprint density at radius 2 is 2.00 bits per heavy atom. The van der Waals surface area contributed by atoms with Crippen molar-refractivity contribution in [1.29, 1.82) is 0 Å². The molecule has 1 aromatic carbocycles. The van der Waals surface area contributed by atoms with E-state index in [2.05, 4.69) is 5.32 Å². The first-order valence-corrected chi connectivity index (χ1v) is 7.31. The van der Waals surface area contributed by atoms with Gasteiger partial charge in [-0.25, -0.2) is 0 Å². The van der Waals surface area contributed by atoms with E-state index in [1.165, 1.54) is 25.5 Å². The van der Waals surface area contributed by atoms with Crippen LogP contribution >= 0.6 is 11.6 Å². The summed E-state index contributed by atoms with van der Waals surface area (Å²) in [5.41, 5.74) is 0.334. The number of hydrogen-bond donors (Lipinski definition) is 2. The lowest BCUT2D eigenvalue weighted by molar-refractivity contribution is -0.142. The van der Waals surface area contributed by atoms with Crippen LogP contribution in [0.15, 0.2) is 47.3 Å². The van der Waals surface area contributed by atoms with E-state index in [9.17, 15) is 14.7 Å². The molecule has 1 heterocycles. The average Bonchev–Trinajstić information content (AvgIpc) is 3.03. The maximum Gasteiger partial charge on any atom is 0.318 e. The molecule has 23 heavy (non-hydrogen) atoms. The highest BCUT2D eigenvalue weighted by Gasteiger charge is 2.26. The number of halogens is 1. The van der Waals surface area contributed by atoms with Crippen LogP contribution in [0.25, 0.3) is 0 Å². The van der Waals surface area contributed by atoms with Gasteiger partial charge in [-0.3, -0.25) is 9.59 Å². The van der Waals surface area contributed by atoms with E-state index >= 15 is 0 Å². The molecule has 0 saturated carbocycles. The second-order valence-electron chi connectivity index (χ2n) is 4.94. The third-order valence-corrected chi connectivity index (χ3v) is 3.44. The molecule has 122 valence electrons. The van der Waals surface area contributed by atoms with E-state index in [1.54, 1.807) is 24.3 Å². The number of nitrogens with one attached hydrogen (secondary N) is 1. The average molecular weight is 338 g/mol. The van der Waals surface area contributed by atoms with Crippen molar-refractivity contribution in [3.05, 3.63) is 53.4 Å². The predicted octanol–water partition coefficient (Wildman–Crippen LogP) is 2.27. The van der Waals surface area contributed by atoms with Gasteiger partial charge in [-0.1, -0.05) is 11.6 Å². The number of aliphatic hydroxyl groups is 1. The van der Waals surface area contributed by atoms with E-state index in [-0.39, 0.29) is 6.54 Å². The lowest BCUT2D eigenvalue weighted by atomic mass is 10.0. The van der Waals surface area contributed by atoms with Crippen LogP contribution in [0.4, 0.5) is 0 Å². The van der Waals surface area contributed by atoms with Crippen molar-refractivity contribution < 1.29 is 23.8 Å². The normalized spacial score (nSPS) is 13.2. The third kappa shape index (κ3) is 4.84. The Labute approximate surface area is 138 Å². The number of amides is 1.